The van der Waals surface area contributed by atoms with Crippen LogP contribution in [0.3, 0.4) is 0 Å². The number of rotatable bonds is 4. The van der Waals surface area contributed by atoms with Gasteiger partial charge in [0.2, 0.25) is 0 Å². The average Bonchev–Trinajstić information content (AvgIpc) is 2.72. The van der Waals surface area contributed by atoms with Crippen molar-refractivity contribution in [2.45, 2.75) is 23.6 Å². The van der Waals surface area contributed by atoms with Crippen LogP contribution in [0.25, 0.3) is 0 Å². The second kappa shape index (κ2) is 7.79. The van der Waals surface area contributed by atoms with Crippen LogP contribution in [0.5, 0.6) is 0 Å². The summed E-state index contributed by atoms with van der Waals surface area (Å²) in [6, 6.07) is 26.9. The van der Waals surface area contributed by atoms with Gasteiger partial charge in [-0.1, -0.05) is 54.6 Å². The first-order valence-corrected chi connectivity index (χ1v) is 9.91. The van der Waals surface area contributed by atoms with E-state index in [9.17, 15) is 4.79 Å². The second-order valence-electron chi connectivity index (χ2n) is 6.54. The molecule has 130 valence electrons. The molecule has 3 aromatic rings. The summed E-state index contributed by atoms with van der Waals surface area (Å²) in [4.78, 5) is 16.0. The van der Waals surface area contributed by atoms with E-state index in [1.807, 2.05) is 40.9 Å². The third kappa shape index (κ3) is 3.83. The number of carbonyl (C=O) groups excluding carboxylic acids is 1. The van der Waals surface area contributed by atoms with E-state index in [1.165, 1.54) is 21.6 Å². The number of hydrogen-bond acceptors (Lipinski definition) is 2. The predicted molar refractivity (Wildman–Crippen MR) is 107 cm³/mol. The largest absolute Gasteiger partial charge is 0.334 e. The molecular weight excluding hydrogens is 338 g/mol. The summed E-state index contributed by atoms with van der Waals surface area (Å²) in [5.74, 6) is 1.04. The molecule has 0 atom stereocenters. The van der Waals surface area contributed by atoms with Crippen molar-refractivity contribution in [1.82, 2.24) is 4.90 Å². The Kier molecular flexibility index (Phi) is 5.07. The van der Waals surface area contributed by atoms with E-state index in [2.05, 4.69) is 54.6 Å². The summed E-state index contributed by atoms with van der Waals surface area (Å²) in [6.45, 7) is 1.50. The Hall–Kier alpha value is -2.52. The number of nitrogens with zero attached hydrogens (tertiary/aromatic N) is 1. The molecule has 3 aromatic carbocycles. The number of thioether (sulfide) groups is 1. The minimum absolute atomic E-state index is 0.127. The lowest BCUT2D eigenvalue weighted by Gasteiger charge is -2.29. The fraction of sp³-hybridized carbons (Fsp3) is 0.174. The van der Waals surface area contributed by atoms with Gasteiger partial charge in [0.05, 0.1) is 0 Å². The molecule has 0 fully saturated rings. The third-order valence-corrected chi connectivity index (χ3v) is 5.85. The lowest BCUT2D eigenvalue weighted by atomic mass is 9.99. The van der Waals surface area contributed by atoms with Crippen LogP contribution in [-0.2, 0) is 18.7 Å². The molecule has 0 spiro atoms. The van der Waals surface area contributed by atoms with Crippen molar-refractivity contribution < 1.29 is 4.79 Å². The van der Waals surface area contributed by atoms with E-state index < -0.39 is 0 Å². The van der Waals surface area contributed by atoms with E-state index in [0.29, 0.717) is 6.54 Å². The van der Waals surface area contributed by atoms with Crippen molar-refractivity contribution in [3.8, 4) is 0 Å². The number of carbonyl (C=O) groups is 1. The summed E-state index contributed by atoms with van der Waals surface area (Å²) in [5.41, 5.74) is 4.64. The number of fused-ring (bicyclic) bond motifs is 1. The van der Waals surface area contributed by atoms with Crippen LogP contribution in [0.2, 0.25) is 0 Å². The molecule has 1 aliphatic heterocycles. The molecule has 3 heteroatoms. The zero-order valence-electron chi connectivity index (χ0n) is 14.6. The van der Waals surface area contributed by atoms with Gasteiger partial charge in [-0.3, -0.25) is 4.79 Å². The highest BCUT2D eigenvalue weighted by Gasteiger charge is 2.21. The summed E-state index contributed by atoms with van der Waals surface area (Å²) in [5, 5.41) is 0. The van der Waals surface area contributed by atoms with Gasteiger partial charge in [0.15, 0.2) is 0 Å². The average molecular weight is 359 g/mol. The van der Waals surface area contributed by atoms with Gasteiger partial charge in [-0.25, -0.2) is 0 Å². The quantitative estimate of drug-likeness (QED) is 0.599. The van der Waals surface area contributed by atoms with Crippen molar-refractivity contribution in [2.24, 2.45) is 0 Å². The highest BCUT2D eigenvalue weighted by atomic mass is 32.2. The molecular formula is C23H21NOS. The monoisotopic (exact) mass is 359 g/mol. The van der Waals surface area contributed by atoms with Crippen molar-refractivity contribution in [1.29, 1.82) is 0 Å². The third-order valence-electron chi connectivity index (χ3n) is 4.77. The van der Waals surface area contributed by atoms with Crippen LogP contribution < -0.4 is 0 Å². The van der Waals surface area contributed by atoms with E-state index in [-0.39, 0.29) is 5.91 Å². The lowest BCUT2D eigenvalue weighted by molar-refractivity contribution is 0.0734. The molecule has 0 saturated heterocycles. The van der Waals surface area contributed by atoms with Crippen LogP contribution in [0, 0.1) is 0 Å². The molecule has 0 bridgehead atoms. The standard InChI is InChI=1S/C23H21NOS/c25-23(24-15-14-19-6-4-5-7-21(19)16-24)20-12-10-18(11-13-20)17-26-22-8-2-1-3-9-22/h1-13H,14-17H2. The van der Waals surface area contributed by atoms with Gasteiger partial charge >= 0.3 is 0 Å². The second-order valence-corrected chi connectivity index (χ2v) is 7.59. The number of amides is 1. The molecule has 1 aliphatic rings. The first-order chi connectivity index (χ1) is 12.8. The van der Waals surface area contributed by atoms with Crippen molar-refractivity contribution in [3.63, 3.8) is 0 Å². The molecule has 1 amide bonds. The summed E-state index contributed by atoms with van der Waals surface area (Å²) >= 11 is 1.81. The highest BCUT2D eigenvalue weighted by molar-refractivity contribution is 7.98. The van der Waals surface area contributed by atoms with Crippen LogP contribution in [0.4, 0.5) is 0 Å². The van der Waals surface area contributed by atoms with Crippen molar-refractivity contribution >= 4 is 17.7 Å². The fourth-order valence-corrected chi connectivity index (χ4v) is 4.15. The van der Waals surface area contributed by atoms with Gasteiger partial charge < -0.3 is 4.90 Å². The van der Waals surface area contributed by atoms with Crippen molar-refractivity contribution in [3.05, 3.63) is 101 Å². The topological polar surface area (TPSA) is 20.3 Å². The zero-order chi connectivity index (χ0) is 17.8. The lowest BCUT2D eigenvalue weighted by Crippen LogP contribution is -2.35. The van der Waals surface area contributed by atoms with Gasteiger partial charge in [-0.05, 0) is 47.4 Å². The molecule has 2 nitrogen and oxygen atoms in total. The predicted octanol–water partition coefficient (Wildman–Crippen LogP) is 5.18. The first-order valence-electron chi connectivity index (χ1n) is 8.92. The Bertz CT molecular complexity index is 890. The minimum atomic E-state index is 0.127. The van der Waals surface area contributed by atoms with E-state index in [0.717, 1.165) is 24.3 Å². The van der Waals surface area contributed by atoms with Crippen LogP contribution in [0.15, 0.2) is 83.8 Å². The normalized spacial score (nSPS) is 13.3. The Morgan fingerprint density at radius 3 is 2.31 bits per heavy atom. The zero-order valence-corrected chi connectivity index (χ0v) is 15.4. The molecule has 0 unspecified atom stereocenters. The number of hydrogen-bond donors (Lipinski definition) is 0. The Labute approximate surface area is 158 Å². The van der Waals surface area contributed by atoms with E-state index in [4.69, 9.17) is 0 Å². The molecule has 0 aromatic heterocycles. The first kappa shape index (κ1) is 16.9. The summed E-state index contributed by atoms with van der Waals surface area (Å²) in [7, 11) is 0. The molecule has 0 aliphatic carbocycles. The molecule has 26 heavy (non-hydrogen) atoms. The van der Waals surface area contributed by atoms with Crippen LogP contribution >= 0.6 is 11.8 Å². The van der Waals surface area contributed by atoms with Gasteiger partial charge in [0, 0.05) is 29.3 Å². The highest BCUT2D eigenvalue weighted by Crippen LogP contribution is 2.23. The van der Waals surface area contributed by atoms with Crippen LogP contribution in [-0.4, -0.2) is 17.4 Å². The Morgan fingerprint density at radius 2 is 1.54 bits per heavy atom. The molecule has 0 radical (unpaired) electrons. The molecule has 1 heterocycles. The maximum absolute atomic E-state index is 12.8. The Balaban J connectivity index is 1.40. The molecule has 0 N–H and O–H groups in total. The van der Waals surface area contributed by atoms with E-state index in [1.54, 1.807) is 0 Å². The minimum Gasteiger partial charge on any atom is -0.334 e. The van der Waals surface area contributed by atoms with Gasteiger partial charge in [0.1, 0.15) is 0 Å². The number of benzene rings is 3. The maximum Gasteiger partial charge on any atom is 0.254 e. The van der Waals surface area contributed by atoms with Gasteiger partial charge in [-0.2, -0.15) is 0 Å². The SMILES string of the molecule is O=C(c1ccc(CSc2ccccc2)cc1)N1CCc2ccccc2C1. The Morgan fingerprint density at radius 1 is 0.846 bits per heavy atom. The van der Waals surface area contributed by atoms with Gasteiger partial charge in [-0.15, -0.1) is 11.8 Å². The summed E-state index contributed by atoms with van der Waals surface area (Å²) in [6.07, 6.45) is 0.938. The smallest absolute Gasteiger partial charge is 0.254 e. The van der Waals surface area contributed by atoms with E-state index >= 15 is 0 Å². The van der Waals surface area contributed by atoms with Crippen LogP contribution in [0.1, 0.15) is 27.0 Å². The van der Waals surface area contributed by atoms with Gasteiger partial charge in [0.25, 0.3) is 5.91 Å². The molecule has 4 rings (SSSR count). The summed E-state index contributed by atoms with van der Waals surface area (Å²) < 4.78 is 0. The maximum atomic E-state index is 12.8. The molecule has 0 saturated carbocycles. The fourth-order valence-electron chi connectivity index (χ4n) is 3.28. The van der Waals surface area contributed by atoms with Crippen molar-refractivity contribution in [2.75, 3.05) is 6.54 Å².